The second-order valence-electron chi connectivity index (χ2n) is 7.75. The van der Waals surface area contributed by atoms with Crippen molar-refractivity contribution in [3.8, 4) is 5.75 Å². The SMILES string of the molecule is CCCCOc1c([C@H](N2NC(=O)CC2(C)C)C(F)(F)F)ccc2ccccc12. The Labute approximate surface area is 162 Å². The zero-order valence-electron chi connectivity index (χ0n) is 16.3. The van der Waals surface area contributed by atoms with Gasteiger partial charge >= 0.3 is 6.18 Å². The monoisotopic (exact) mass is 394 g/mol. The number of rotatable bonds is 6. The van der Waals surface area contributed by atoms with Gasteiger partial charge in [0.25, 0.3) is 0 Å². The van der Waals surface area contributed by atoms with E-state index in [1.54, 1.807) is 32.0 Å². The number of nitrogens with zero attached hydrogens (tertiary/aromatic N) is 1. The molecule has 1 atom stereocenters. The highest BCUT2D eigenvalue weighted by atomic mass is 19.4. The number of hydrogen-bond donors (Lipinski definition) is 1. The summed E-state index contributed by atoms with van der Waals surface area (Å²) in [7, 11) is 0. The van der Waals surface area contributed by atoms with Crippen molar-refractivity contribution in [2.75, 3.05) is 6.61 Å². The van der Waals surface area contributed by atoms with Gasteiger partial charge in [0, 0.05) is 22.9 Å². The maximum Gasteiger partial charge on any atom is 0.410 e. The van der Waals surface area contributed by atoms with Gasteiger partial charge in [-0.05, 0) is 25.7 Å². The molecule has 1 saturated heterocycles. The average Bonchev–Trinajstić information content (AvgIpc) is 2.87. The molecule has 7 heteroatoms. The molecule has 1 fully saturated rings. The van der Waals surface area contributed by atoms with E-state index in [1.807, 2.05) is 19.1 Å². The molecule has 3 rings (SSSR count). The van der Waals surface area contributed by atoms with E-state index in [9.17, 15) is 18.0 Å². The lowest BCUT2D eigenvalue weighted by Gasteiger charge is -2.38. The fourth-order valence-corrected chi connectivity index (χ4v) is 3.63. The molecule has 0 aliphatic carbocycles. The molecule has 0 aromatic heterocycles. The smallest absolute Gasteiger partial charge is 0.410 e. The van der Waals surface area contributed by atoms with Gasteiger partial charge in [0.05, 0.1) is 6.61 Å². The van der Waals surface area contributed by atoms with Crippen molar-refractivity contribution in [2.24, 2.45) is 0 Å². The number of halogens is 3. The van der Waals surface area contributed by atoms with Crippen LogP contribution in [0.4, 0.5) is 13.2 Å². The lowest BCUT2D eigenvalue weighted by Crippen LogP contribution is -2.51. The summed E-state index contributed by atoms with van der Waals surface area (Å²) < 4.78 is 48.6. The van der Waals surface area contributed by atoms with E-state index >= 15 is 0 Å². The number of nitrogens with one attached hydrogen (secondary N) is 1. The Hall–Kier alpha value is -2.28. The first-order valence-corrected chi connectivity index (χ1v) is 9.45. The topological polar surface area (TPSA) is 41.6 Å². The number of carbonyl (C=O) groups excluding carboxylic acids is 1. The van der Waals surface area contributed by atoms with Crippen LogP contribution in [-0.4, -0.2) is 29.2 Å². The summed E-state index contributed by atoms with van der Waals surface area (Å²) in [6.07, 6.45) is -2.98. The minimum atomic E-state index is -4.60. The zero-order chi connectivity index (χ0) is 20.5. The van der Waals surface area contributed by atoms with Crippen LogP contribution >= 0.6 is 0 Å². The van der Waals surface area contributed by atoms with Gasteiger partial charge in [-0.2, -0.15) is 18.2 Å². The second kappa shape index (κ2) is 7.62. The number of hydrazine groups is 1. The van der Waals surface area contributed by atoms with Crippen LogP contribution in [-0.2, 0) is 4.79 Å². The van der Waals surface area contributed by atoms with E-state index < -0.39 is 23.7 Å². The molecule has 4 nitrogen and oxygen atoms in total. The van der Waals surface area contributed by atoms with Crippen LogP contribution in [0.15, 0.2) is 36.4 Å². The molecule has 0 bridgehead atoms. The molecule has 0 spiro atoms. The molecule has 2 aromatic carbocycles. The maximum absolute atomic E-state index is 14.2. The molecule has 0 saturated carbocycles. The third-order valence-electron chi connectivity index (χ3n) is 5.01. The lowest BCUT2D eigenvalue weighted by molar-refractivity contribution is -0.204. The minimum absolute atomic E-state index is 0.000807. The van der Waals surface area contributed by atoms with Crippen molar-refractivity contribution < 1.29 is 22.7 Å². The Morgan fingerprint density at radius 2 is 1.93 bits per heavy atom. The Balaban J connectivity index is 2.17. The van der Waals surface area contributed by atoms with Crippen LogP contribution in [0.2, 0.25) is 0 Å². The van der Waals surface area contributed by atoms with Crippen molar-refractivity contribution in [3.05, 3.63) is 42.0 Å². The van der Waals surface area contributed by atoms with E-state index in [0.29, 0.717) is 12.0 Å². The predicted octanol–water partition coefficient (Wildman–Crippen LogP) is 5.14. The van der Waals surface area contributed by atoms with Gasteiger partial charge in [0.1, 0.15) is 5.75 Å². The largest absolute Gasteiger partial charge is 0.493 e. The summed E-state index contributed by atoms with van der Waals surface area (Å²) in [5.41, 5.74) is 1.44. The number of amides is 1. The zero-order valence-corrected chi connectivity index (χ0v) is 16.3. The Kier molecular flexibility index (Phi) is 5.57. The van der Waals surface area contributed by atoms with Crippen molar-refractivity contribution in [3.63, 3.8) is 0 Å². The number of benzene rings is 2. The quantitative estimate of drug-likeness (QED) is 0.690. The van der Waals surface area contributed by atoms with Crippen LogP contribution in [0.25, 0.3) is 10.8 Å². The number of ether oxygens (including phenoxy) is 1. The van der Waals surface area contributed by atoms with Crippen molar-refractivity contribution in [1.82, 2.24) is 10.4 Å². The highest BCUT2D eigenvalue weighted by molar-refractivity contribution is 5.90. The van der Waals surface area contributed by atoms with Crippen LogP contribution < -0.4 is 10.2 Å². The predicted molar refractivity (Wildman–Crippen MR) is 102 cm³/mol. The molecule has 1 aliphatic heterocycles. The van der Waals surface area contributed by atoms with E-state index in [1.165, 1.54) is 6.07 Å². The summed E-state index contributed by atoms with van der Waals surface area (Å²) in [5, 5.41) is 2.46. The molecular weight excluding hydrogens is 369 g/mol. The first-order chi connectivity index (χ1) is 13.1. The summed E-state index contributed by atoms with van der Waals surface area (Å²) in [4.78, 5) is 11.9. The Morgan fingerprint density at radius 1 is 1.21 bits per heavy atom. The fourth-order valence-electron chi connectivity index (χ4n) is 3.63. The van der Waals surface area contributed by atoms with Crippen molar-refractivity contribution in [1.29, 1.82) is 0 Å². The third-order valence-corrected chi connectivity index (χ3v) is 5.01. The molecular formula is C21H25F3N2O2. The van der Waals surface area contributed by atoms with Gasteiger partial charge in [-0.3, -0.25) is 10.2 Å². The highest BCUT2D eigenvalue weighted by Crippen LogP contribution is 2.47. The molecule has 0 radical (unpaired) electrons. The van der Waals surface area contributed by atoms with Gasteiger partial charge in [-0.15, -0.1) is 0 Å². The first-order valence-electron chi connectivity index (χ1n) is 9.45. The third kappa shape index (κ3) is 3.94. The molecule has 1 amide bonds. The molecule has 1 heterocycles. The molecule has 152 valence electrons. The summed E-state index contributed by atoms with van der Waals surface area (Å²) >= 11 is 0. The number of fused-ring (bicyclic) bond motifs is 1. The molecule has 0 unspecified atom stereocenters. The normalized spacial score (nSPS) is 18.3. The molecule has 2 aromatic rings. The van der Waals surface area contributed by atoms with Crippen LogP contribution in [0.5, 0.6) is 5.75 Å². The van der Waals surface area contributed by atoms with Crippen LogP contribution in [0.1, 0.15) is 51.6 Å². The van der Waals surface area contributed by atoms with Gasteiger partial charge in [-0.25, -0.2) is 0 Å². The van der Waals surface area contributed by atoms with Crippen LogP contribution in [0, 0.1) is 0 Å². The first kappa shape index (κ1) is 20.5. The molecule has 1 aliphatic rings. The number of alkyl halides is 3. The van der Waals surface area contributed by atoms with Gasteiger partial charge in [0.15, 0.2) is 6.04 Å². The van der Waals surface area contributed by atoms with E-state index in [4.69, 9.17) is 4.74 Å². The number of carbonyl (C=O) groups is 1. The summed E-state index contributed by atoms with van der Waals surface area (Å²) in [6, 6.07) is 8.35. The molecule has 1 N–H and O–H groups in total. The van der Waals surface area contributed by atoms with Gasteiger partial charge in [-0.1, -0.05) is 49.7 Å². The van der Waals surface area contributed by atoms with Gasteiger partial charge < -0.3 is 4.74 Å². The second-order valence-corrected chi connectivity index (χ2v) is 7.75. The van der Waals surface area contributed by atoms with Crippen LogP contribution in [0.3, 0.4) is 0 Å². The molecule has 28 heavy (non-hydrogen) atoms. The standard InChI is InChI=1S/C21H25F3N2O2/c1-4-5-12-28-18-15-9-7-6-8-14(15)10-11-16(18)19(21(22,23)24)26-20(2,3)13-17(27)25-26/h6-11,19H,4-5,12-13H2,1-3H3,(H,25,27)/t19-/m0/s1. The fraction of sp³-hybridized carbons (Fsp3) is 0.476. The van der Waals surface area contributed by atoms with Gasteiger partial charge in [0.2, 0.25) is 5.91 Å². The number of unbranched alkanes of at least 4 members (excludes halogenated alkanes) is 1. The highest BCUT2D eigenvalue weighted by Gasteiger charge is 2.54. The average molecular weight is 394 g/mol. The van der Waals surface area contributed by atoms with Crippen molar-refractivity contribution >= 4 is 16.7 Å². The summed E-state index contributed by atoms with van der Waals surface area (Å²) in [6.45, 7) is 5.58. The van der Waals surface area contributed by atoms with E-state index in [2.05, 4.69) is 5.43 Å². The van der Waals surface area contributed by atoms with E-state index in [-0.39, 0.29) is 17.7 Å². The number of hydrogen-bond acceptors (Lipinski definition) is 3. The maximum atomic E-state index is 14.2. The lowest BCUT2D eigenvalue weighted by atomic mass is 9.94. The minimum Gasteiger partial charge on any atom is -0.493 e. The Bertz CT molecular complexity index is 864. The summed E-state index contributed by atoms with van der Waals surface area (Å²) in [5.74, 6) is -0.195. The Morgan fingerprint density at radius 3 is 2.54 bits per heavy atom. The van der Waals surface area contributed by atoms with E-state index in [0.717, 1.165) is 23.2 Å². The van der Waals surface area contributed by atoms with Crippen molar-refractivity contribution in [2.45, 2.75) is 57.8 Å².